The minimum absolute atomic E-state index is 0.202. The maximum atomic E-state index is 11.9. The predicted octanol–water partition coefficient (Wildman–Crippen LogP) is 2.56. The lowest BCUT2D eigenvalue weighted by molar-refractivity contribution is -0.119. The second-order valence-corrected chi connectivity index (χ2v) is 7.14. The molecule has 4 unspecified atom stereocenters. The highest BCUT2D eigenvalue weighted by Gasteiger charge is 2.24. The topological polar surface area (TPSA) is 70.2 Å². The number of carbonyl (C=O) groups excluding carboxylic acids is 2. The van der Waals surface area contributed by atoms with Crippen molar-refractivity contribution in [3.05, 3.63) is 0 Å². The summed E-state index contributed by atoms with van der Waals surface area (Å²) >= 11 is 0. The molecule has 126 valence electrons. The van der Waals surface area contributed by atoms with E-state index >= 15 is 0 Å². The fourth-order valence-electron chi connectivity index (χ4n) is 3.75. The summed E-state index contributed by atoms with van der Waals surface area (Å²) in [4.78, 5) is 23.8. The summed E-state index contributed by atoms with van der Waals surface area (Å²) in [5.41, 5.74) is 0. The molecule has 0 bridgehead atoms. The Bertz CT molecular complexity index is 386. The van der Waals surface area contributed by atoms with Gasteiger partial charge in [0.1, 0.15) is 0 Å². The minimum Gasteiger partial charge on any atom is -0.335 e. The third-order valence-corrected chi connectivity index (χ3v) is 5.32. The van der Waals surface area contributed by atoms with Crippen molar-refractivity contribution in [2.45, 2.75) is 77.3 Å². The van der Waals surface area contributed by atoms with Crippen LogP contribution in [0.1, 0.15) is 65.2 Å². The van der Waals surface area contributed by atoms with Crippen LogP contribution in [0.2, 0.25) is 0 Å². The van der Waals surface area contributed by atoms with Crippen LogP contribution >= 0.6 is 0 Å². The average molecular weight is 309 g/mol. The molecule has 5 nitrogen and oxygen atoms in total. The Morgan fingerprint density at radius 2 is 1.41 bits per heavy atom. The SMILES string of the molecule is CC1CCCCC1NCC(=O)NC(=O)NC1CCCCC1C. The lowest BCUT2D eigenvalue weighted by Gasteiger charge is -2.30. The summed E-state index contributed by atoms with van der Waals surface area (Å²) in [7, 11) is 0. The van der Waals surface area contributed by atoms with E-state index in [-0.39, 0.29) is 24.5 Å². The standard InChI is InChI=1S/C17H31N3O2/c1-12-7-3-5-9-14(12)18-11-16(21)20-17(22)19-15-10-6-4-8-13(15)2/h12-15,18H,3-11H2,1-2H3,(H2,19,20,21,22). The number of urea groups is 1. The second kappa shape index (κ2) is 8.51. The molecule has 0 aromatic heterocycles. The van der Waals surface area contributed by atoms with E-state index in [9.17, 15) is 9.59 Å². The molecule has 2 saturated carbocycles. The van der Waals surface area contributed by atoms with E-state index in [0.29, 0.717) is 17.9 Å². The average Bonchev–Trinajstić information content (AvgIpc) is 2.49. The maximum absolute atomic E-state index is 11.9. The van der Waals surface area contributed by atoms with Crippen LogP contribution in [0, 0.1) is 11.8 Å². The third-order valence-electron chi connectivity index (χ3n) is 5.32. The lowest BCUT2D eigenvalue weighted by Crippen LogP contribution is -2.50. The molecule has 0 radical (unpaired) electrons. The Kier molecular flexibility index (Phi) is 6.68. The first kappa shape index (κ1) is 17.3. The first-order chi connectivity index (χ1) is 10.6. The van der Waals surface area contributed by atoms with Crippen molar-refractivity contribution in [1.82, 2.24) is 16.0 Å². The summed E-state index contributed by atoms with van der Waals surface area (Å²) < 4.78 is 0. The van der Waals surface area contributed by atoms with Gasteiger partial charge in [0.2, 0.25) is 5.91 Å². The summed E-state index contributed by atoms with van der Waals surface area (Å²) in [6.45, 7) is 4.62. The van der Waals surface area contributed by atoms with Gasteiger partial charge in [-0.3, -0.25) is 10.1 Å². The molecule has 0 spiro atoms. The monoisotopic (exact) mass is 309 g/mol. The zero-order chi connectivity index (χ0) is 15.9. The van der Waals surface area contributed by atoms with Crippen molar-refractivity contribution in [3.63, 3.8) is 0 Å². The van der Waals surface area contributed by atoms with Gasteiger partial charge in [-0.15, -0.1) is 0 Å². The molecule has 0 saturated heterocycles. The van der Waals surface area contributed by atoms with Gasteiger partial charge in [-0.2, -0.15) is 0 Å². The van der Waals surface area contributed by atoms with Crippen LogP contribution in [0.25, 0.3) is 0 Å². The predicted molar refractivity (Wildman–Crippen MR) is 87.5 cm³/mol. The Morgan fingerprint density at radius 3 is 2.00 bits per heavy atom. The second-order valence-electron chi connectivity index (χ2n) is 7.14. The van der Waals surface area contributed by atoms with Crippen molar-refractivity contribution in [2.75, 3.05) is 6.54 Å². The van der Waals surface area contributed by atoms with Gasteiger partial charge in [-0.05, 0) is 37.5 Å². The lowest BCUT2D eigenvalue weighted by atomic mass is 9.86. The molecule has 0 aliphatic heterocycles. The molecule has 3 N–H and O–H groups in total. The van der Waals surface area contributed by atoms with Crippen molar-refractivity contribution in [3.8, 4) is 0 Å². The fraction of sp³-hybridized carbons (Fsp3) is 0.882. The van der Waals surface area contributed by atoms with Crippen molar-refractivity contribution >= 4 is 11.9 Å². The summed E-state index contributed by atoms with van der Waals surface area (Å²) in [6, 6.07) is 0.260. The van der Waals surface area contributed by atoms with E-state index in [4.69, 9.17) is 0 Å². The minimum atomic E-state index is -0.345. The summed E-state index contributed by atoms with van der Waals surface area (Å²) in [6.07, 6.45) is 9.42. The first-order valence-corrected chi connectivity index (χ1v) is 8.90. The van der Waals surface area contributed by atoms with Crippen molar-refractivity contribution in [1.29, 1.82) is 0 Å². The molecule has 3 amide bonds. The molecule has 2 aliphatic rings. The smallest absolute Gasteiger partial charge is 0.321 e. The zero-order valence-corrected chi connectivity index (χ0v) is 14.0. The van der Waals surface area contributed by atoms with Gasteiger partial charge in [0.15, 0.2) is 0 Å². The largest absolute Gasteiger partial charge is 0.335 e. The molecule has 0 heterocycles. The van der Waals surface area contributed by atoms with Crippen LogP contribution in [-0.2, 0) is 4.79 Å². The summed E-state index contributed by atoms with van der Waals surface area (Å²) in [5, 5.41) is 8.70. The van der Waals surface area contributed by atoms with Gasteiger partial charge in [0.25, 0.3) is 0 Å². The Hall–Kier alpha value is -1.10. The summed E-state index contributed by atoms with van der Waals surface area (Å²) in [5.74, 6) is 0.869. The normalized spacial score (nSPS) is 32.3. The first-order valence-electron chi connectivity index (χ1n) is 8.90. The Balaban J connectivity index is 1.66. The molecule has 0 aromatic carbocycles. The molecule has 4 atom stereocenters. The quantitative estimate of drug-likeness (QED) is 0.747. The van der Waals surface area contributed by atoms with Crippen LogP contribution in [0.4, 0.5) is 4.79 Å². The van der Waals surface area contributed by atoms with E-state index in [0.717, 1.165) is 25.7 Å². The van der Waals surface area contributed by atoms with E-state index in [2.05, 4.69) is 29.8 Å². The van der Waals surface area contributed by atoms with Crippen LogP contribution in [0.5, 0.6) is 0 Å². The van der Waals surface area contributed by atoms with Gasteiger partial charge in [0.05, 0.1) is 6.54 Å². The molecule has 2 aliphatic carbocycles. The van der Waals surface area contributed by atoms with Gasteiger partial charge >= 0.3 is 6.03 Å². The number of hydrogen-bond donors (Lipinski definition) is 3. The van der Waals surface area contributed by atoms with E-state index in [1.165, 1.54) is 25.7 Å². The molecule has 5 heteroatoms. The number of nitrogens with one attached hydrogen (secondary N) is 3. The van der Waals surface area contributed by atoms with Gasteiger partial charge in [-0.1, -0.05) is 39.5 Å². The van der Waals surface area contributed by atoms with E-state index in [1.807, 2.05) is 0 Å². The number of amides is 3. The molecular weight excluding hydrogens is 278 g/mol. The molecule has 2 fully saturated rings. The zero-order valence-electron chi connectivity index (χ0n) is 14.0. The molecule has 2 rings (SSSR count). The van der Waals surface area contributed by atoms with E-state index in [1.54, 1.807) is 0 Å². The van der Waals surface area contributed by atoms with Gasteiger partial charge in [-0.25, -0.2) is 4.79 Å². The highest BCUT2D eigenvalue weighted by atomic mass is 16.2. The van der Waals surface area contributed by atoms with Gasteiger partial charge < -0.3 is 10.6 Å². The maximum Gasteiger partial charge on any atom is 0.321 e. The fourth-order valence-corrected chi connectivity index (χ4v) is 3.75. The van der Waals surface area contributed by atoms with Crippen LogP contribution in [0.15, 0.2) is 0 Å². The van der Waals surface area contributed by atoms with Crippen LogP contribution in [-0.4, -0.2) is 30.6 Å². The molecule has 22 heavy (non-hydrogen) atoms. The number of hydrogen-bond acceptors (Lipinski definition) is 3. The number of imide groups is 1. The van der Waals surface area contributed by atoms with Crippen molar-refractivity contribution in [2.24, 2.45) is 11.8 Å². The molecule has 0 aromatic rings. The number of rotatable bonds is 4. The van der Waals surface area contributed by atoms with Gasteiger partial charge in [0, 0.05) is 12.1 Å². The number of carbonyl (C=O) groups is 2. The highest BCUT2D eigenvalue weighted by Crippen LogP contribution is 2.24. The molecular formula is C17H31N3O2. The van der Waals surface area contributed by atoms with Crippen LogP contribution < -0.4 is 16.0 Å². The Morgan fingerprint density at radius 1 is 0.864 bits per heavy atom. The van der Waals surface area contributed by atoms with Crippen molar-refractivity contribution < 1.29 is 9.59 Å². The third kappa shape index (κ3) is 5.27. The van der Waals surface area contributed by atoms with E-state index < -0.39 is 0 Å². The van der Waals surface area contributed by atoms with Crippen LogP contribution in [0.3, 0.4) is 0 Å². The Labute approximate surface area is 134 Å². The highest BCUT2D eigenvalue weighted by molar-refractivity contribution is 5.95.